The largest absolute Gasteiger partial charge is 0.378 e. The number of nitrogens with zero attached hydrogens (tertiary/aromatic N) is 1. The Balaban J connectivity index is 1.46. The first-order valence-corrected chi connectivity index (χ1v) is 14.9. The standard InChI is InChI=1S/C31H39ClN4O6/c32-24-11-13-25(14-12-24)33-30(39)28(37)27(21-42-20-23-9-5-2-6-10-23)34-29(38)26(19-22-7-3-1-4-8-22)35-31(40)36-15-17-41-18-16-36/h2,5-6,9-14,22,26-27H,1,3-4,7-8,15-21H2,(H,33,39)(H,34,38)(H,35,40). The number of amides is 4. The van der Waals surface area contributed by atoms with Crippen molar-refractivity contribution in [2.75, 3.05) is 38.2 Å². The van der Waals surface area contributed by atoms with Crippen molar-refractivity contribution in [3.8, 4) is 0 Å². The molecule has 1 heterocycles. The molecule has 2 fully saturated rings. The van der Waals surface area contributed by atoms with E-state index in [0.29, 0.717) is 43.4 Å². The van der Waals surface area contributed by atoms with E-state index >= 15 is 0 Å². The molecule has 1 saturated carbocycles. The van der Waals surface area contributed by atoms with Gasteiger partial charge in [-0.25, -0.2) is 4.79 Å². The summed E-state index contributed by atoms with van der Waals surface area (Å²) in [5.74, 6) is -2.01. The highest BCUT2D eigenvalue weighted by atomic mass is 35.5. The zero-order valence-corrected chi connectivity index (χ0v) is 24.4. The summed E-state index contributed by atoms with van der Waals surface area (Å²) in [6, 6.07) is 13.2. The number of hydrogen-bond acceptors (Lipinski definition) is 6. The maximum absolute atomic E-state index is 13.7. The van der Waals surface area contributed by atoms with Gasteiger partial charge in [-0.05, 0) is 42.2 Å². The predicted octanol–water partition coefficient (Wildman–Crippen LogP) is 3.93. The molecule has 0 bridgehead atoms. The summed E-state index contributed by atoms with van der Waals surface area (Å²) in [6.07, 6.45) is 5.72. The number of benzene rings is 2. The molecule has 42 heavy (non-hydrogen) atoms. The van der Waals surface area contributed by atoms with Gasteiger partial charge in [-0.2, -0.15) is 0 Å². The van der Waals surface area contributed by atoms with Crippen LogP contribution in [0.4, 0.5) is 10.5 Å². The maximum Gasteiger partial charge on any atom is 0.318 e. The SMILES string of the molecule is O=C(Nc1ccc(Cl)cc1)C(=O)C(COCc1ccccc1)NC(=O)C(CC1CCCCC1)NC(=O)N1CCOCC1. The fourth-order valence-corrected chi connectivity index (χ4v) is 5.33. The summed E-state index contributed by atoms with van der Waals surface area (Å²) in [4.78, 5) is 54.6. The number of nitrogens with one attached hydrogen (secondary N) is 3. The lowest BCUT2D eigenvalue weighted by Crippen LogP contribution is -2.57. The number of Topliss-reactive ketones (excluding diaryl/α,β-unsaturated/α-hetero) is 1. The normalized spacial score (nSPS) is 17.1. The molecule has 226 valence electrons. The van der Waals surface area contributed by atoms with Gasteiger partial charge >= 0.3 is 6.03 Å². The van der Waals surface area contributed by atoms with Crippen LogP contribution in [-0.2, 0) is 30.5 Å². The molecular formula is C31H39ClN4O6. The van der Waals surface area contributed by atoms with Crippen LogP contribution in [-0.4, -0.2) is 73.5 Å². The van der Waals surface area contributed by atoms with E-state index in [1.165, 1.54) is 0 Å². The van der Waals surface area contributed by atoms with Crippen LogP contribution in [0.15, 0.2) is 54.6 Å². The van der Waals surface area contributed by atoms with E-state index < -0.39 is 29.7 Å². The Morgan fingerprint density at radius 3 is 2.29 bits per heavy atom. The molecule has 1 aliphatic carbocycles. The fourth-order valence-electron chi connectivity index (χ4n) is 5.20. The minimum atomic E-state index is -1.26. The predicted molar refractivity (Wildman–Crippen MR) is 159 cm³/mol. The second kappa shape index (κ2) is 16.2. The number of halogens is 1. The van der Waals surface area contributed by atoms with E-state index in [1.807, 2.05) is 30.3 Å². The molecule has 2 atom stereocenters. The Bertz CT molecular complexity index is 1180. The number of ether oxygens (including phenoxy) is 2. The second-order valence-corrected chi connectivity index (χ2v) is 11.2. The average Bonchev–Trinajstić information content (AvgIpc) is 3.02. The van der Waals surface area contributed by atoms with Crippen molar-refractivity contribution >= 4 is 40.9 Å². The summed E-state index contributed by atoms with van der Waals surface area (Å²) in [5.41, 5.74) is 1.27. The van der Waals surface area contributed by atoms with Gasteiger partial charge in [0.15, 0.2) is 0 Å². The molecule has 1 aliphatic heterocycles. The summed E-state index contributed by atoms with van der Waals surface area (Å²) >= 11 is 5.93. The topological polar surface area (TPSA) is 126 Å². The average molecular weight is 599 g/mol. The molecule has 2 aromatic rings. The van der Waals surface area contributed by atoms with Gasteiger partial charge in [0.2, 0.25) is 11.7 Å². The van der Waals surface area contributed by atoms with E-state index in [4.69, 9.17) is 21.1 Å². The van der Waals surface area contributed by atoms with Crippen molar-refractivity contribution in [3.05, 3.63) is 65.2 Å². The molecule has 2 unspecified atom stereocenters. The third kappa shape index (κ3) is 9.82. The lowest BCUT2D eigenvalue weighted by molar-refractivity contribution is -0.139. The van der Waals surface area contributed by atoms with Crippen molar-refractivity contribution in [3.63, 3.8) is 0 Å². The van der Waals surface area contributed by atoms with Crippen LogP contribution < -0.4 is 16.0 Å². The number of anilines is 1. The monoisotopic (exact) mass is 598 g/mol. The van der Waals surface area contributed by atoms with Crippen molar-refractivity contribution in [2.24, 2.45) is 5.92 Å². The quantitative estimate of drug-likeness (QED) is 0.318. The molecule has 0 spiro atoms. The first-order chi connectivity index (χ1) is 20.4. The minimum Gasteiger partial charge on any atom is -0.378 e. The molecule has 0 radical (unpaired) electrons. The van der Waals surface area contributed by atoms with Gasteiger partial charge in [-0.3, -0.25) is 14.4 Å². The van der Waals surface area contributed by atoms with E-state index in [2.05, 4.69) is 16.0 Å². The Morgan fingerprint density at radius 2 is 1.60 bits per heavy atom. The molecule has 2 aromatic carbocycles. The molecule has 1 saturated heterocycles. The van der Waals surface area contributed by atoms with Gasteiger partial charge in [-0.1, -0.05) is 74.0 Å². The third-order valence-electron chi connectivity index (χ3n) is 7.56. The van der Waals surface area contributed by atoms with E-state index in [0.717, 1.165) is 37.7 Å². The number of hydrogen-bond donors (Lipinski definition) is 3. The number of ketones is 1. The van der Waals surface area contributed by atoms with Crippen LogP contribution in [0.3, 0.4) is 0 Å². The van der Waals surface area contributed by atoms with Crippen LogP contribution in [0, 0.1) is 5.92 Å². The van der Waals surface area contributed by atoms with Gasteiger partial charge in [0.1, 0.15) is 12.1 Å². The van der Waals surface area contributed by atoms with Gasteiger partial charge in [0, 0.05) is 23.8 Å². The zero-order chi connectivity index (χ0) is 29.7. The Hall–Kier alpha value is -3.47. The Kier molecular flexibility index (Phi) is 12.2. The molecule has 2 aliphatic rings. The number of rotatable bonds is 12. The summed E-state index contributed by atoms with van der Waals surface area (Å²) in [7, 11) is 0. The van der Waals surface area contributed by atoms with Gasteiger partial charge in [-0.15, -0.1) is 0 Å². The van der Waals surface area contributed by atoms with Crippen LogP contribution in [0.25, 0.3) is 0 Å². The lowest BCUT2D eigenvalue weighted by Gasteiger charge is -2.31. The van der Waals surface area contributed by atoms with E-state index in [9.17, 15) is 19.2 Å². The lowest BCUT2D eigenvalue weighted by atomic mass is 9.84. The Labute approximate surface area is 251 Å². The molecule has 3 N–H and O–H groups in total. The fraction of sp³-hybridized carbons (Fsp3) is 0.484. The van der Waals surface area contributed by atoms with Crippen LogP contribution >= 0.6 is 11.6 Å². The molecule has 0 aromatic heterocycles. The van der Waals surface area contributed by atoms with Crippen LogP contribution in [0.1, 0.15) is 44.1 Å². The van der Waals surface area contributed by atoms with E-state index in [1.54, 1.807) is 29.2 Å². The van der Waals surface area contributed by atoms with Gasteiger partial charge in [0.25, 0.3) is 5.91 Å². The summed E-state index contributed by atoms with van der Waals surface area (Å²) in [6.45, 7) is 1.71. The highest BCUT2D eigenvalue weighted by Gasteiger charge is 2.33. The van der Waals surface area contributed by atoms with E-state index in [-0.39, 0.29) is 25.2 Å². The number of morpholine rings is 1. The minimum absolute atomic E-state index is 0.193. The van der Waals surface area contributed by atoms with Crippen LogP contribution in [0.5, 0.6) is 0 Å². The van der Waals surface area contributed by atoms with Crippen LogP contribution in [0.2, 0.25) is 5.02 Å². The van der Waals surface area contributed by atoms with Crippen molar-refractivity contribution in [1.82, 2.24) is 15.5 Å². The smallest absolute Gasteiger partial charge is 0.318 e. The molecule has 11 heteroatoms. The first-order valence-electron chi connectivity index (χ1n) is 14.5. The van der Waals surface area contributed by atoms with Gasteiger partial charge in [0.05, 0.1) is 26.4 Å². The number of carbonyl (C=O) groups is 4. The molecule has 4 rings (SSSR count). The first kappa shape index (κ1) is 31.5. The molecule has 10 nitrogen and oxygen atoms in total. The number of urea groups is 1. The maximum atomic E-state index is 13.7. The summed E-state index contributed by atoms with van der Waals surface area (Å²) < 4.78 is 11.1. The second-order valence-electron chi connectivity index (χ2n) is 10.7. The summed E-state index contributed by atoms with van der Waals surface area (Å²) in [5, 5.41) is 8.66. The Morgan fingerprint density at radius 1 is 0.905 bits per heavy atom. The highest BCUT2D eigenvalue weighted by molar-refractivity contribution is 6.42. The van der Waals surface area contributed by atoms with Crippen molar-refractivity contribution < 1.29 is 28.7 Å². The third-order valence-corrected chi connectivity index (χ3v) is 7.81. The molecule has 4 amide bonds. The number of carbonyl (C=O) groups excluding carboxylic acids is 4. The highest BCUT2D eigenvalue weighted by Crippen LogP contribution is 2.27. The van der Waals surface area contributed by atoms with Crippen molar-refractivity contribution in [1.29, 1.82) is 0 Å². The van der Waals surface area contributed by atoms with Crippen molar-refractivity contribution in [2.45, 2.75) is 57.2 Å². The molecular weight excluding hydrogens is 560 g/mol. The zero-order valence-electron chi connectivity index (χ0n) is 23.7. The van der Waals surface area contributed by atoms with Gasteiger partial charge < -0.3 is 30.3 Å².